The van der Waals surface area contributed by atoms with Gasteiger partial charge in [-0.15, -0.1) is 0 Å². The van der Waals surface area contributed by atoms with Crippen molar-refractivity contribution in [2.24, 2.45) is 0 Å². The molecule has 26 heavy (non-hydrogen) atoms. The number of unbranched alkanes of at least 4 members (excludes halogenated alkanes) is 15. The van der Waals surface area contributed by atoms with Gasteiger partial charge in [-0.1, -0.05) is 84.0 Å². The number of allylic oxidation sites excluding steroid dienone is 2. The second-order valence-corrected chi connectivity index (χ2v) is 7.34. The van der Waals surface area contributed by atoms with Crippen molar-refractivity contribution in [2.45, 2.75) is 122 Å². The van der Waals surface area contributed by atoms with Crippen LogP contribution in [-0.2, 0) is 4.79 Å². The summed E-state index contributed by atoms with van der Waals surface area (Å²) in [5.41, 5.74) is 0.425. The third kappa shape index (κ3) is 17.6. The molecule has 0 heterocycles. The van der Waals surface area contributed by atoms with E-state index < -0.39 is 0 Å². The van der Waals surface area contributed by atoms with Crippen molar-refractivity contribution in [1.29, 1.82) is 0 Å². The van der Waals surface area contributed by atoms with Crippen LogP contribution in [0, 0.1) is 10.1 Å². The van der Waals surface area contributed by atoms with Crippen LogP contribution in [0.3, 0.4) is 0 Å². The summed E-state index contributed by atoms with van der Waals surface area (Å²) in [6.07, 6.45) is 23.5. The van der Waals surface area contributed by atoms with Crippen molar-refractivity contribution in [3.05, 3.63) is 21.9 Å². The van der Waals surface area contributed by atoms with E-state index >= 15 is 0 Å². The lowest BCUT2D eigenvalue weighted by Crippen LogP contribution is -1.99. The predicted molar refractivity (Wildman–Crippen MR) is 110 cm³/mol. The molecule has 0 N–H and O–H groups in total. The van der Waals surface area contributed by atoms with Gasteiger partial charge in [0.25, 0.3) is 0 Å². The van der Waals surface area contributed by atoms with Crippen LogP contribution in [0.5, 0.6) is 0 Å². The van der Waals surface area contributed by atoms with Crippen molar-refractivity contribution in [3.63, 3.8) is 0 Å². The molecule has 151 valence electrons. The summed E-state index contributed by atoms with van der Waals surface area (Å²) in [6, 6.07) is 0. The Kier molecular flexibility index (Phi) is 19.2. The van der Waals surface area contributed by atoms with E-state index in [0.29, 0.717) is 18.5 Å². The zero-order valence-electron chi connectivity index (χ0n) is 17.0. The van der Waals surface area contributed by atoms with Crippen LogP contribution in [0.25, 0.3) is 0 Å². The molecule has 0 spiro atoms. The van der Waals surface area contributed by atoms with Gasteiger partial charge in [0.15, 0.2) is 6.29 Å². The maximum atomic E-state index is 11.1. The second-order valence-electron chi connectivity index (χ2n) is 7.34. The Hall–Kier alpha value is -1.19. The second kappa shape index (κ2) is 20.1. The highest BCUT2D eigenvalue weighted by atomic mass is 16.6. The highest BCUT2D eigenvalue weighted by Gasteiger charge is 2.09. The summed E-state index contributed by atoms with van der Waals surface area (Å²) in [6.45, 7) is 2.18. The van der Waals surface area contributed by atoms with Gasteiger partial charge >= 0.3 is 0 Å². The molecule has 0 aliphatic carbocycles. The molecule has 0 bridgehead atoms. The van der Waals surface area contributed by atoms with Gasteiger partial charge in [0.05, 0.1) is 4.92 Å². The van der Waals surface area contributed by atoms with Crippen LogP contribution in [0.1, 0.15) is 122 Å². The molecule has 0 atom stereocenters. The van der Waals surface area contributed by atoms with E-state index in [1.54, 1.807) is 0 Å². The quantitative estimate of drug-likeness (QED) is 0.129. The summed E-state index contributed by atoms with van der Waals surface area (Å²) >= 11 is 0. The van der Waals surface area contributed by atoms with Crippen molar-refractivity contribution >= 4 is 6.29 Å². The first-order valence-electron chi connectivity index (χ1n) is 10.9. The van der Waals surface area contributed by atoms with E-state index in [1.165, 1.54) is 64.2 Å². The van der Waals surface area contributed by atoms with Crippen LogP contribution in [0.4, 0.5) is 0 Å². The molecule has 0 saturated heterocycles. The van der Waals surface area contributed by atoms with Gasteiger partial charge in [-0.3, -0.25) is 14.9 Å². The summed E-state index contributed by atoms with van der Waals surface area (Å²) < 4.78 is 0. The molecular formula is C22H40NO3. The third-order valence-corrected chi connectivity index (χ3v) is 4.88. The number of hydrogen-bond donors (Lipinski definition) is 0. The molecule has 0 aliphatic heterocycles. The minimum absolute atomic E-state index is 0.188. The smallest absolute Gasteiger partial charge is 0.242 e. The molecule has 0 saturated carbocycles. The fourth-order valence-electron chi connectivity index (χ4n) is 3.20. The van der Waals surface area contributed by atoms with Crippen LogP contribution in [-0.4, -0.2) is 11.2 Å². The third-order valence-electron chi connectivity index (χ3n) is 4.88. The predicted octanol–water partition coefficient (Wildman–Crippen LogP) is 7.30. The first-order valence-corrected chi connectivity index (χ1v) is 10.9. The Morgan fingerprint density at radius 1 is 0.808 bits per heavy atom. The van der Waals surface area contributed by atoms with E-state index in [-0.39, 0.29) is 4.92 Å². The molecule has 4 nitrogen and oxygen atoms in total. The van der Waals surface area contributed by atoms with Crippen LogP contribution in [0.2, 0.25) is 0 Å². The lowest BCUT2D eigenvalue weighted by atomic mass is 10.0. The molecule has 0 rings (SSSR count). The Morgan fingerprint density at radius 3 is 1.81 bits per heavy atom. The minimum Gasteiger partial charge on any atom is -0.291 e. The first-order chi connectivity index (χ1) is 12.7. The van der Waals surface area contributed by atoms with Crippen LogP contribution in [0.15, 0.2) is 11.8 Å². The summed E-state index contributed by atoms with van der Waals surface area (Å²) in [7, 11) is 0. The molecular weight excluding hydrogens is 326 g/mol. The molecule has 0 aromatic heterocycles. The van der Waals surface area contributed by atoms with Gasteiger partial charge in [0.2, 0.25) is 5.70 Å². The van der Waals surface area contributed by atoms with Crippen LogP contribution < -0.4 is 0 Å². The monoisotopic (exact) mass is 366 g/mol. The van der Waals surface area contributed by atoms with Gasteiger partial charge in [-0.25, -0.2) is 0 Å². The summed E-state index contributed by atoms with van der Waals surface area (Å²) in [4.78, 5) is 21.0. The van der Waals surface area contributed by atoms with Crippen LogP contribution >= 0.6 is 0 Å². The number of nitrogens with zero attached hydrogens (tertiary/aromatic N) is 1. The Balaban J connectivity index is 3.48. The topological polar surface area (TPSA) is 60.2 Å². The van der Waals surface area contributed by atoms with Crippen molar-refractivity contribution in [3.8, 4) is 0 Å². The molecule has 0 fully saturated rings. The highest BCUT2D eigenvalue weighted by molar-refractivity contribution is 5.50. The lowest BCUT2D eigenvalue weighted by molar-refractivity contribution is -0.428. The van der Waals surface area contributed by atoms with E-state index in [9.17, 15) is 14.9 Å². The molecule has 4 heteroatoms. The van der Waals surface area contributed by atoms with Gasteiger partial charge in [0.1, 0.15) is 0 Å². The fourth-order valence-corrected chi connectivity index (χ4v) is 3.20. The average Bonchev–Trinajstić information content (AvgIpc) is 2.63. The molecule has 0 unspecified atom stereocenters. The molecule has 1 radical (unpaired) electrons. The number of hydrogen-bond acceptors (Lipinski definition) is 3. The molecule has 0 amide bonds. The minimum atomic E-state index is -0.188. The standard InChI is InChI=1S/C22H40NO3/c1-2-3-4-13-16-19-22(23(25)26)20-17-14-11-9-7-5-6-8-10-12-15-18-21-24/h19H,2-18,20H2,1H3/b22-19-. The van der Waals surface area contributed by atoms with Gasteiger partial charge in [0, 0.05) is 12.8 Å². The summed E-state index contributed by atoms with van der Waals surface area (Å²) in [5.74, 6) is 0. The average molecular weight is 367 g/mol. The zero-order valence-corrected chi connectivity index (χ0v) is 17.0. The number of nitro groups is 1. The van der Waals surface area contributed by atoms with E-state index in [0.717, 1.165) is 38.5 Å². The van der Waals surface area contributed by atoms with E-state index in [4.69, 9.17) is 0 Å². The molecule has 0 aromatic carbocycles. The fraction of sp³-hybridized carbons (Fsp3) is 0.864. The van der Waals surface area contributed by atoms with E-state index in [1.807, 2.05) is 12.4 Å². The maximum Gasteiger partial charge on any atom is 0.242 e. The Labute approximate surface area is 161 Å². The maximum absolute atomic E-state index is 11.1. The highest BCUT2D eigenvalue weighted by Crippen LogP contribution is 2.15. The Morgan fingerprint density at radius 2 is 1.31 bits per heavy atom. The number of rotatable bonds is 20. The van der Waals surface area contributed by atoms with Crippen molar-refractivity contribution in [2.75, 3.05) is 0 Å². The SMILES string of the molecule is CCCCCC/C=C(/CCCCCCCCCCCCC[C]=O)[N+](=O)[O-]. The zero-order chi connectivity index (χ0) is 19.3. The Bertz CT molecular complexity index is 366. The summed E-state index contributed by atoms with van der Waals surface area (Å²) in [5, 5.41) is 11.1. The van der Waals surface area contributed by atoms with E-state index in [2.05, 4.69) is 6.92 Å². The number of carbonyl (C=O) groups excluding carboxylic acids is 1. The largest absolute Gasteiger partial charge is 0.291 e. The van der Waals surface area contributed by atoms with Crippen molar-refractivity contribution < 1.29 is 9.72 Å². The van der Waals surface area contributed by atoms with Gasteiger partial charge in [-0.05, 0) is 31.8 Å². The molecule has 0 aromatic rings. The normalized spacial score (nSPS) is 11.7. The van der Waals surface area contributed by atoms with Gasteiger partial charge < -0.3 is 0 Å². The first kappa shape index (κ1) is 24.8. The van der Waals surface area contributed by atoms with Crippen molar-refractivity contribution in [1.82, 2.24) is 0 Å². The molecule has 0 aliphatic rings. The van der Waals surface area contributed by atoms with Gasteiger partial charge in [-0.2, -0.15) is 0 Å². The lowest BCUT2D eigenvalue weighted by Gasteiger charge is -2.03.